The highest BCUT2D eigenvalue weighted by molar-refractivity contribution is 5.90. The maximum absolute atomic E-state index is 12.2. The first-order valence-electron chi connectivity index (χ1n) is 9.18. The van der Waals surface area contributed by atoms with Crippen LogP contribution in [0.15, 0.2) is 46.9 Å². The number of ether oxygens (including phenoxy) is 2. The Morgan fingerprint density at radius 3 is 2.43 bits per heavy atom. The zero-order chi connectivity index (χ0) is 19.9. The number of carbonyl (C=O) groups excluding carboxylic acids is 1. The molecule has 0 bridgehead atoms. The summed E-state index contributed by atoms with van der Waals surface area (Å²) in [6, 6.07) is 13.2. The molecule has 7 heteroatoms. The predicted octanol–water partition coefficient (Wildman–Crippen LogP) is 4.02. The van der Waals surface area contributed by atoms with Gasteiger partial charge in [-0.25, -0.2) is 0 Å². The third-order valence-electron chi connectivity index (χ3n) is 3.95. The van der Waals surface area contributed by atoms with Crippen LogP contribution < -0.4 is 14.8 Å². The first-order valence-corrected chi connectivity index (χ1v) is 9.18. The molecule has 0 aliphatic rings. The minimum atomic E-state index is -0.222. The van der Waals surface area contributed by atoms with E-state index in [0.29, 0.717) is 30.3 Å². The molecule has 1 aromatic heterocycles. The van der Waals surface area contributed by atoms with Crippen molar-refractivity contribution in [1.29, 1.82) is 0 Å². The van der Waals surface area contributed by atoms with E-state index >= 15 is 0 Å². The summed E-state index contributed by atoms with van der Waals surface area (Å²) < 4.78 is 16.7. The lowest BCUT2D eigenvalue weighted by Gasteiger charge is -2.11. The van der Waals surface area contributed by atoms with E-state index in [4.69, 9.17) is 13.9 Å². The van der Waals surface area contributed by atoms with E-state index in [0.717, 1.165) is 11.1 Å². The second-order valence-electron chi connectivity index (χ2n) is 6.15. The van der Waals surface area contributed by atoms with Crippen molar-refractivity contribution < 1.29 is 18.7 Å². The van der Waals surface area contributed by atoms with E-state index in [1.807, 2.05) is 45.0 Å². The number of aromatic nitrogens is 2. The second-order valence-corrected chi connectivity index (χ2v) is 6.15. The summed E-state index contributed by atoms with van der Waals surface area (Å²) in [6.45, 7) is 6.86. The minimum Gasteiger partial charge on any atom is -0.490 e. The molecule has 0 aliphatic heterocycles. The Morgan fingerprint density at radius 1 is 1.00 bits per heavy atom. The Balaban J connectivity index is 1.70. The molecule has 0 saturated carbocycles. The van der Waals surface area contributed by atoms with Crippen LogP contribution in [0.25, 0.3) is 11.5 Å². The number of benzene rings is 2. The molecule has 28 heavy (non-hydrogen) atoms. The number of nitrogens with one attached hydrogen (secondary N) is 1. The molecule has 3 aromatic rings. The van der Waals surface area contributed by atoms with Gasteiger partial charge in [0.15, 0.2) is 11.5 Å². The molecule has 1 N–H and O–H groups in total. The van der Waals surface area contributed by atoms with Crippen molar-refractivity contribution in [2.24, 2.45) is 0 Å². The first-order chi connectivity index (χ1) is 13.6. The summed E-state index contributed by atoms with van der Waals surface area (Å²) in [6.07, 6.45) is 0.232. The molecule has 146 valence electrons. The van der Waals surface area contributed by atoms with Gasteiger partial charge in [0.1, 0.15) is 0 Å². The number of hydrogen-bond acceptors (Lipinski definition) is 6. The Bertz CT molecular complexity index is 935. The molecule has 7 nitrogen and oxygen atoms in total. The molecule has 0 radical (unpaired) electrons. The van der Waals surface area contributed by atoms with Crippen molar-refractivity contribution in [1.82, 2.24) is 10.2 Å². The average molecular weight is 381 g/mol. The van der Waals surface area contributed by atoms with Crippen molar-refractivity contribution in [3.63, 3.8) is 0 Å². The molecule has 3 rings (SSSR count). The van der Waals surface area contributed by atoms with Gasteiger partial charge < -0.3 is 13.9 Å². The first kappa shape index (κ1) is 19.4. The molecule has 0 saturated heterocycles. The van der Waals surface area contributed by atoms with E-state index in [9.17, 15) is 4.79 Å². The van der Waals surface area contributed by atoms with Crippen molar-refractivity contribution in [3.05, 3.63) is 53.6 Å². The highest BCUT2D eigenvalue weighted by Gasteiger charge is 2.14. The maximum atomic E-state index is 12.2. The SMILES string of the molecule is CCOc1ccc(-c2nnc(NC(=O)Cc3ccc(C)cc3)o2)cc1OCC. The Morgan fingerprint density at radius 2 is 1.71 bits per heavy atom. The highest BCUT2D eigenvalue weighted by atomic mass is 16.5. The number of hydrogen-bond donors (Lipinski definition) is 1. The molecule has 1 amide bonds. The van der Waals surface area contributed by atoms with Crippen LogP contribution in [0.3, 0.4) is 0 Å². The molecule has 0 fully saturated rings. The number of anilines is 1. The van der Waals surface area contributed by atoms with Gasteiger partial charge in [-0.05, 0) is 44.5 Å². The normalized spacial score (nSPS) is 10.5. The number of carbonyl (C=O) groups is 1. The standard InChI is InChI=1S/C21H23N3O4/c1-4-26-17-11-10-16(13-18(17)27-5-2)20-23-24-21(28-20)22-19(25)12-15-8-6-14(3)7-9-15/h6-11,13H,4-5,12H2,1-3H3,(H,22,24,25). The summed E-state index contributed by atoms with van der Waals surface area (Å²) in [4.78, 5) is 12.2. The Labute approximate surface area is 163 Å². The quantitative estimate of drug-likeness (QED) is 0.634. The van der Waals surface area contributed by atoms with Crippen molar-refractivity contribution in [2.75, 3.05) is 18.5 Å². The second kappa shape index (κ2) is 9.03. The van der Waals surface area contributed by atoms with Crippen molar-refractivity contribution in [2.45, 2.75) is 27.2 Å². The van der Waals surface area contributed by atoms with E-state index in [-0.39, 0.29) is 24.2 Å². The van der Waals surface area contributed by atoms with Gasteiger partial charge in [0.25, 0.3) is 0 Å². The Kier molecular flexibility index (Phi) is 6.26. The zero-order valence-electron chi connectivity index (χ0n) is 16.2. The molecular weight excluding hydrogens is 358 g/mol. The molecule has 0 spiro atoms. The molecule has 0 aliphatic carbocycles. The molecule has 0 unspecified atom stereocenters. The predicted molar refractivity (Wildman–Crippen MR) is 106 cm³/mol. The lowest BCUT2D eigenvalue weighted by molar-refractivity contribution is -0.115. The number of nitrogens with zero attached hydrogens (tertiary/aromatic N) is 2. The lowest BCUT2D eigenvalue weighted by atomic mass is 10.1. The van der Waals surface area contributed by atoms with E-state index in [1.54, 1.807) is 18.2 Å². The lowest BCUT2D eigenvalue weighted by Crippen LogP contribution is -2.14. The fourth-order valence-corrected chi connectivity index (χ4v) is 2.63. The number of rotatable bonds is 8. The largest absolute Gasteiger partial charge is 0.490 e. The van der Waals surface area contributed by atoms with Crippen molar-refractivity contribution >= 4 is 11.9 Å². The summed E-state index contributed by atoms with van der Waals surface area (Å²) >= 11 is 0. The van der Waals surface area contributed by atoms with Crippen LogP contribution in [0.1, 0.15) is 25.0 Å². The number of aryl methyl sites for hydroxylation is 1. The van der Waals surface area contributed by atoms with E-state index < -0.39 is 0 Å². The minimum absolute atomic E-state index is 0.0546. The third kappa shape index (κ3) is 4.88. The molecule has 2 aromatic carbocycles. The fraction of sp³-hybridized carbons (Fsp3) is 0.286. The molecule has 1 heterocycles. The summed E-state index contributed by atoms with van der Waals surface area (Å²) in [5.74, 6) is 1.32. The van der Waals surface area contributed by atoms with Crippen LogP contribution in [0.4, 0.5) is 6.01 Å². The number of amides is 1. The van der Waals surface area contributed by atoms with Gasteiger partial charge in [-0.3, -0.25) is 10.1 Å². The molecule has 0 atom stereocenters. The van der Waals surface area contributed by atoms with Crippen LogP contribution in [-0.2, 0) is 11.2 Å². The van der Waals surface area contributed by atoms with Crippen LogP contribution in [0.2, 0.25) is 0 Å². The molecular formula is C21H23N3O4. The third-order valence-corrected chi connectivity index (χ3v) is 3.95. The van der Waals surface area contributed by atoms with Gasteiger partial charge in [-0.2, -0.15) is 0 Å². The fourth-order valence-electron chi connectivity index (χ4n) is 2.63. The summed E-state index contributed by atoms with van der Waals surface area (Å²) in [5, 5.41) is 10.5. The smallest absolute Gasteiger partial charge is 0.322 e. The van der Waals surface area contributed by atoms with Gasteiger partial charge in [-0.15, -0.1) is 5.10 Å². The summed E-state index contributed by atoms with van der Waals surface area (Å²) in [5.41, 5.74) is 2.74. The van der Waals surface area contributed by atoms with Crippen LogP contribution in [0.5, 0.6) is 11.5 Å². The van der Waals surface area contributed by atoms with E-state index in [1.165, 1.54) is 0 Å². The monoisotopic (exact) mass is 381 g/mol. The van der Waals surface area contributed by atoms with Gasteiger partial charge in [-0.1, -0.05) is 34.9 Å². The van der Waals surface area contributed by atoms with Crippen molar-refractivity contribution in [3.8, 4) is 23.0 Å². The van der Waals surface area contributed by atoms with E-state index in [2.05, 4.69) is 15.5 Å². The zero-order valence-corrected chi connectivity index (χ0v) is 16.2. The van der Waals surface area contributed by atoms with Gasteiger partial charge in [0.2, 0.25) is 11.8 Å². The van der Waals surface area contributed by atoms with Crippen LogP contribution in [0, 0.1) is 6.92 Å². The topological polar surface area (TPSA) is 86.5 Å². The van der Waals surface area contributed by atoms with Crippen LogP contribution in [-0.4, -0.2) is 29.3 Å². The van der Waals surface area contributed by atoms with Gasteiger partial charge in [0, 0.05) is 5.56 Å². The average Bonchev–Trinajstić information content (AvgIpc) is 3.14. The summed E-state index contributed by atoms with van der Waals surface area (Å²) in [7, 11) is 0. The van der Waals surface area contributed by atoms with Gasteiger partial charge in [0.05, 0.1) is 19.6 Å². The van der Waals surface area contributed by atoms with Gasteiger partial charge >= 0.3 is 6.01 Å². The van der Waals surface area contributed by atoms with Crippen LogP contribution >= 0.6 is 0 Å². The Hall–Kier alpha value is -3.35. The highest BCUT2D eigenvalue weighted by Crippen LogP contribution is 2.32. The maximum Gasteiger partial charge on any atom is 0.322 e.